The highest BCUT2D eigenvalue weighted by Crippen LogP contribution is 2.35. The number of nitrogens with zero attached hydrogens (tertiary/aromatic N) is 6. The van der Waals surface area contributed by atoms with Crippen LogP contribution in [0.5, 0.6) is 5.75 Å². The van der Waals surface area contributed by atoms with Gasteiger partial charge in [-0.2, -0.15) is 0 Å². The van der Waals surface area contributed by atoms with E-state index in [0.29, 0.717) is 11.5 Å². The van der Waals surface area contributed by atoms with Crippen molar-refractivity contribution in [2.24, 2.45) is 0 Å². The predicted molar refractivity (Wildman–Crippen MR) is 206 cm³/mol. The highest BCUT2D eigenvalue weighted by molar-refractivity contribution is 5.93. The van der Waals surface area contributed by atoms with Gasteiger partial charge in [0.25, 0.3) is 0 Å². The fourth-order valence-corrected chi connectivity index (χ4v) is 7.49. The molecule has 2 aliphatic rings. The number of carbonyl (C=O) groups excluding carboxylic acids is 3. The van der Waals surface area contributed by atoms with Crippen molar-refractivity contribution in [2.45, 2.75) is 31.8 Å². The number of likely N-dealkylation sites (N-methyl/N-ethyl adjacent to an activating group) is 1. The lowest BCUT2D eigenvalue weighted by molar-refractivity contribution is -0.985. The Balaban J connectivity index is 1.20. The number of aromatic nitrogens is 2. The molecule has 2 aromatic heterocycles. The van der Waals surface area contributed by atoms with Gasteiger partial charge in [-0.3, -0.25) is 24.8 Å². The highest BCUT2D eigenvalue weighted by Gasteiger charge is 2.60. The summed E-state index contributed by atoms with van der Waals surface area (Å²) < 4.78 is 5.44. The van der Waals surface area contributed by atoms with Gasteiger partial charge in [0, 0.05) is 36.3 Å². The Morgan fingerprint density at radius 3 is 2.47 bits per heavy atom. The summed E-state index contributed by atoms with van der Waals surface area (Å²) in [5.41, 5.74) is 4.87. The molecule has 4 amide bonds. The molecule has 276 valence electrons. The number of hydrogen-bond donors (Lipinski definition) is 2. The molecule has 2 fully saturated rings. The third-order valence-electron chi connectivity index (χ3n) is 10.5. The lowest BCUT2D eigenvalue weighted by atomic mass is 10.0. The zero-order valence-electron chi connectivity index (χ0n) is 30.2. The van der Waals surface area contributed by atoms with E-state index in [1.807, 2.05) is 97.1 Å². The van der Waals surface area contributed by atoms with Crippen molar-refractivity contribution < 1.29 is 28.6 Å². The van der Waals surface area contributed by atoms with E-state index in [1.165, 1.54) is 0 Å². The number of fused-ring (bicyclic) bond motifs is 2. The summed E-state index contributed by atoms with van der Waals surface area (Å²) in [5, 5.41) is 20.0. The number of aromatic hydroxyl groups is 1. The molecule has 2 saturated heterocycles. The van der Waals surface area contributed by atoms with Crippen molar-refractivity contribution in [2.75, 3.05) is 20.1 Å². The maximum atomic E-state index is 14.8. The van der Waals surface area contributed by atoms with Gasteiger partial charge in [0.1, 0.15) is 30.6 Å². The number of quaternary nitrogens is 1. The zero-order valence-corrected chi connectivity index (χ0v) is 30.2. The predicted octanol–water partition coefficient (Wildman–Crippen LogP) is 5.96. The normalized spacial score (nSPS) is 20.2. The molecule has 0 spiro atoms. The van der Waals surface area contributed by atoms with Crippen LogP contribution in [-0.4, -0.2) is 84.8 Å². The third kappa shape index (κ3) is 7.08. The first-order valence-corrected chi connectivity index (χ1v) is 18.1. The summed E-state index contributed by atoms with van der Waals surface area (Å²) >= 11 is 0. The van der Waals surface area contributed by atoms with Crippen LogP contribution in [0, 0.1) is 0 Å². The minimum absolute atomic E-state index is 0.0716. The van der Waals surface area contributed by atoms with E-state index in [2.05, 4.69) is 15.5 Å². The lowest BCUT2D eigenvalue weighted by Crippen LogP contribution is -2.82. The van der Waals surface area contributed by atoms with Crippen LogP contribution >= 0.6 is 0 Å². The number of phenolic OH excluding ortho intramolecular Hbond substituents is 1. The van der Waals surface area contributed by atoms with Crippen molar-refractivity contribution in [1.29, 1.82) is 0 Å². The standard InChI is InChI=1S/C43H39N7O5/c1-50(43(54)45-25-31-10-4-2-5-11-31)40-28-47(26-33-14-8-16-37-36(33)15-9-23-44-37)42(53)39(22-19-30-17-20-34(51)21-18-30)49(40)41(52)29-48(50)27-35-24-38(46-55-35)32-12-6-3-7-13-32/h2-24,39-40H,25-29H2,1H3,(H-,45,51,54)/p+1/b22-19+. The lowest BCUT2D eigenvalue weighted by Gasteiger charge is -2.56. The molecule has 2 N–H and O–H groups in total. The number of nitrogens with one attached hydrogen (secondary N) is 1. The SMILES string of the molecule is C[N+]1(C(=O)NCc2ccccc2)C2CN(Cc3cccc4ncccc34)C(=O)C(/C=C/c3ccc(O)cc3)N2C(=O)CN1Cc1cc(-c2ccccc2)no1. The van der Waals surface area contributed by atoms with Gasteiger partial charge in [-0.15, -0.1) is 9.60 Å². The summed E-state index contributed by atoms with van der Waals surface area (Å²) in [4.78, 5) is 51.7. The fourth-order valence-electron chi connectivity index (χ4n) is 7.49. The molecular formula is C43H40N7O5+. The van der Waals surface area contributed by atoms with E-state index in [1.54, 1.807) is 64.5 Å². The van der Waals surface area contributed by atoms with Gasteiger partial charge < -0.3 is 14.5 Å². The van der Waals surface area contributed by atoms with E-state index in [-0.39, 0.29) is 60.9 Å². The third-order valence-corrected chi connectivity index (χ3v) is 10.5. The van der Waals surface area contributed by atoms with Crippen molar-refractivity contribution in [3.63, 3.8) is 0 Å². The maximum Gasteiger partial charge on any atom is 0.438 e. The number of piperazine rings is 1. The summed E-state index contributed by atoms with van der Waals surface area (Å²) in [6.07, 6.45) is 4.38. The van der Waals surface area contributed by atoms with E-state index in [0.717, 1.165) is 33.2 Å². The van der Waals surface area contributed by atoms with Gasteiger partial charge in [-0.1, -0.05) is 108 Å². The van der Waals surface area contributed by atoms with Crippen molar-refractivity contribution in [3.8, 4) is 17.0 Å². The molecule has 12 nitrogen and oxygen atoms in total. The second-order valence-corrected chi connectivity index (χ2v) is 13.9. The van der Waals surface area contributed by atoms with E-state index in [9.17, 15) is 19.5 Å². The molecule has 55 heavy (non-hydrogen) atoms. The molecule has 0 radical (unpaired) electrons. The van der Waals surface area contributed by atoms with Gasteiger partial charge in [0.2, 0.25) is 18.0 Å². The number of rotatable bonds is 9. The molecule has 8 rings (SSSR count). The van der Waals surface area contributed by atoms with Gasteiger partial charge in [0.05, 0.1) is 19.1 Å². The number of benzene rings is 4. The summed E-state index contributed by atoms with van der Waals surface area (Å²) in [5.74, 6) is 0.0243. The van der Waals surface area contributed by atoms with Crippen LogP contribution in [0.2, 0.25) is 0 Å². The topological polar surface area (TPSA) is 132 Å². The minimum atomic E-state index is -1.02. The van der Waals surface area contributed by atoms with E-state index >= 15 is 0 Å². The first kappa shape index (κ1) is 35.4. The smallest absolute Gasteiger partial charge is 0.438 e. The Bertz CT molecular complexity index is 2360. The van der Waals surface area contributed by atoms with E-state index < -0.39 is 12.2 Å². The molecule has 4 aromatic carbocycles. The summed E-state index contributed by atoms with van der Waals surface area (Å²) in [7, 11) is 1.79. The van der Waals surface area contributed by atoms with Crippen LogP contribution in [0.3, 0.4) is 0 Å². The molecule has 6 aromatic rings. The summed E-state index contributed by atoms with van der Waals surface area (Å²) in [6.45, 7) is 0.500. The molecule has 2 aliphatic heterocycles. The Morgan fingerprint density at radius 2 is 1.69 bits per heavy atom. The number of phenols is 1. The van der Waals surface area contributed by atoms with Crippen molar-refractivity contribution in [3.05, 3.63) is 156 Å². The number of carbonyl (C=O) groups is 3. The van der Waals surface area contributed by atoms with Gasteiger partial charge in [-0.05, 0) is 41.0 Å². The molecule has 0 saturated carbocycles. The Kier molecular flexibility index (Phi) is 9.66. The van der Waals surface area contributed by atoms with Gasteiger partial charge in [0.15, 0.2) is 5.76 Å². The van der Waals surface area contributed by atoms with Crippen molar-refractivity contribution >= 4 is 34.8 Å². The van der Waals surface area contributed by atoms with Crippen LogP contribution in [0.4, 0.5) is 4.79 Å². The zero-order chi connectivity index (χ0) is 37.9. The largest absolute Gasteiger partial charge is 0.508 e. The molecule has 3 atom stereocenters. The van der Waals surface area contributed by atoms with Crippen LogP contribution in [-0.2, 0) is 29.2 Å². The first-order chi connectivity index (χ1) is 26.8. The van der Waals surface area contributed by atoms with Crippen molar-refractivity contribution in [1.82, 2.24) is 30.3 Å². The Labute approximate surface area is 318 Å². The number of amides is 4. The van der Waals surface area contributed by atoms with Crippen LogP contribution in [0.15, 0.2) is 138 Å². The maximum absolute atomic E-state index is 14.8. The minimum Gasteiger partial charge on any atom is -0.508 e. The fraction of sp³-hybridized carbons (Fsp3) is 0.186. The average molecular weight is 735 g/mol. The first-order valence-electron chi connectivity index (χ1n) is 18.1. The van der Waals surface area contributed by atoms with Crippen LogP contribution in [0.25, 0.3) is 28.2 Å². The van der Waals surface area contributed by atoms with Crippen LogP contribution in [0.1, 0.15) is 22.5 Å². The Hall–Kier alpha value is -6.63. The number of hydrogen-bond acceptors (Lipinski definition) is 8. The molecule has 4 heterocycles. The number of urea groups is 1. The Morgan fingerprint density at radius 1 is 0.927 bits per heavy atom. The summed E-state index contributed by atoms with van der Waals surface area (Å²) in [6, 6.07) is 36.0. The van der Waals surface area contributed by atoms with Gasteiger partial charge in [-0.25, -0.2) is 4.79 Å². The molecule has 3 unspecified atom stereocenters. The quantitative estimate of drug-likeness (QED) is 0.174. The molecule has 12 heteroatoms. The molecule has 0 aliphatic carbocycles. The second-order valence-electron chi connectivity index (χ2n) is 13.9. The van der Waals surface area contributed by atoms with Gasteiger partial charge >= 0.3 is 6.03 Å². The van der Waals surface area contributed by atoms with Crippen LogP contribution < -0.4 is 5.32 Å². The molecular weight excluding hydrogens is 695 g/mol. The second kappa shape index (κ2) is 15.0. The van der Waals surface area contributed by atoms with E-state index in [4.69, 9.17) is 4.52 Å². The monoisotopic (exact) mass is 734 g/mol. The number of pyridine rings is 1. The highest BCUT2D eigenvalue weighted by atomic mass is 16.5. The average Bonchev–Trinajstić information content (AvgIpc) is 3.69. The molecule has 0 bridgehead atoms.